The Hall–Kier alpha value is -2.41. The molecule has 0 radical (unpaired) electrons. The third-order valence-corrected chi connectivity index (χ3v) is 4.31. The molecule has 0 saturated carbocycles. The lowest BCUT2D eigenvalue weighted by atomic mass is 10.1. The largest absolute Gasteiger partial charge is 0.308 e. The topological polar surface area (TPSA) is 64.7 Å². The molecule has 2 aromatic heterocycles. The van der Waals surface area contributed by atoms with Crippen LogP contribution in [-0.4, -0.2) is 25.5 Å². The van der Waals surface area contributed by atoms with E-state index >= 15 is 0 Å². The number of carbonyl (C=O) groups is 1. The van der Waals surface area contributed by atoms with Crippen LogP contribution in [0.25, 0.3) is 0 Å². The van der Waals surface area contributed by atoms with Crippen molar-refractivity contribution in [3.05, 3.63) is 64.0 Å². The molecule has 0 atom stereocenters. The molecular weight excluding hydrogens is 370 g/mol. The van der Waals surface area contributed by atoms with Crippen molar-refractivity contribution in [3.63, 3.8) is 0 Å². The second-order valence-electron chi connectivity index (χ2n) is 5.70. The van der Waals surface area contributed by atoms with E-state index in [1.165, 1.54) is 11.1 Å². The van der Waals surface area contributed by atoms with E-state index in [-0.39, 0.29) is 12.5 Å². The zero-order valence-electron chi connectivity index (χ0n) is 13.5. The van der Waals surface area contributed by atoms with Crippen molar-refractivity contribution in [2.24, 2.45) is 0 Å². The van der Waals surface area contributed by atoms with Gasteiger partial charge in [-0.2, -0.15) is 10.2 Å². The summed E-state index contributed by atoms with van der Waals surface area (Å²) in [5.41, 5.74) is 3.24. The van der Waals surface area contributed by atoms with Gasteiger partial charge in [0.1, 0.15) is 6.54 Å². The van der Waals surface area contributed by atoms with E-state index < -0.39 is 0 Å². The highest BCUT2D eigenvalue weighted by Gasteiger charge is 2.09. The third-order valence-electron chi connectivity index (χ3n) is 3.53. The molecule has 0 fully saturated rings. The van der Waals surface area contributed by atoms with Gasteiger partial charge in [0.2, 0.25) is 5.91 Å². The van der Waals surface area contributed by atoms with Gasteiger partial charge in [-0.3, -0.25) is 14.2 Å². The Morgan fingerprint density at radius 2 is 2.04 bits per heavy atom. The van der Waals surface area contributed by atoms with Gasteiger partial charge in [-0.15, -0.1) is 0 Å². The normalized spacial score (nSPS) is 10.8. The fourth-order valence-electron chi connectivity index (χ4n) is 2.42. The highest BCUT2D eigenvalue weighted by atomic mass is 79.9. The summed E-state index contributed by atoms with van der Waals surface area (Å²) in [7, 11) is 0. The highest BCUT2D eigenvalue weighted by molar-refractivity contribution is 9.10. The van der Waals surface area contributed by atoms with E-state index in [2.05, 4.69) is 56.6 Å². The van der Waals surface area contributed by atoms with Crippen molar-refractivity contribution in [2.75, 3.05) is 5.32 Å². The second kappa shape index (κ2) is 7.00. The molecule has 1 amide bonds. The zero-order chi connectivity index (χ0) is 17.1. The van der Waals surface area contributed by atoms with Gasteiger partial charge in [0, 0.05) is 18.5 Å². The smallest absolute Gasteiger partial charge is 0.247 e. The van der Waals surface area contributed by atoms with E-state index in [9.17, 15) is 4.79 Å². The minimum absolute atomic E-state index is 0.150. The number of halogens is 1. The van der Waals surface area contributed by atoms with Gasteiger partial charge in [-0.05, 0) is 35.3 Å². The first-order valence-corrected chi connectivity index (χ1v) is 8.37. The lowest BCUT2D eigenvalue weighted by Gasteiger charge is -2.04. The molecule has 6 nitrogen and oxygen atoms in total. The van der Waals surface area contributed by atoms with Crippen LogP contribution >= 0.6 is 15.9 Å². The summed E-state index contributed by atoms with van der Waals surface area (Å²) in [5, 5.41) is 11.4. The Balaban J connectivity index is 1.60. The van der Waals surface area contributed by atoms with Crippen molar-refractivity contribution in [2.45, 2.75) is 26.9 Å². The Kier molecular flexibility index (Phi) is 4.80. The fraction of sp³-hybridized carbons (Fsp3) is 0.235. The Morgan fingerprint density at radius 3 is 2.75 bits per heavy atom. The molecule has 0 unspecified atom stereocenters. The average molecular weight is 388 g/mol. The van der Waals surface area contributed by atoms with E-state index in [4.69, 9.17) is 0 Å². The molecule has 3 rings (SSSR count). The highest BCUT2D eigenvalue weighted by Crippen LogP contribution is 2.13. The van der Waals surface area contributed by atoms with Crippen LogP contribution in [0, 0.1) is 13.8 Å². The number of aryl methyl sites for hydroxylation is 2. The predicted molar refractivity (Wildman–Crippen MR) is 95.8 cm³/mol. The van der Waals surface area contributed by atoms with Gasteiger partial charge in [0.05, 0.1) is 16.7 Å². The number of carbonyl (C=O) groups excluding carboxylic acids is 1. The Morgan fingerprint density at radius 1 is 1.21 bits per heavy atom. The standard InChI is InChI=1S/C17H18BrN5O/c1-12-4-3-5-14(8-12)9-22-7-6-16(21-22)19-17(24)11-23-10-15(18)13(2)20-23/h3-8,10H,9,11H2,1-2H3,(H,19,21,24). The molecule has 7 heteroatoms. The van der Waals surface area contributed by atoms with Gasteiger partial charge in [0.25, 0.3) is 0 Å². The monoisotopic (exact) mass is 387 g/mol. The minimum atomic E-state index is -0.161. The quantitative estimate of drug-likeness (QED) is 0.731. The van der Waals surface area contributed by atoms with E-state index in [0.29, 0.717) is 12.4 Å². The summed E-state index contributed by atoms with van der Waals surface area (Å²) in [6.07, 6.45) is 3.64. The number of hydrogen-bond donors (Lipinski definition) is 1. The molecule has 3 aromatic rings. The first-order valence-electron chi connectivity index (χ1n) is 7.58. The molecule has 124 valence electrons. The van der Waals surface area contributed by atoms with Crippen molar-refractivity contribution >= 4 is 27.7 Å². The minimum Gasteiger partial charge on any atom is -0.308 e. The molecule has 0 spiro atoms. The van der Waals surface area contributed by atoms with Crippen LogP contribution in [0.5, 0.6) is 0 Å². The average Bonchev–Trinajstić information content (AvgIpc) is 3.06. The van der Waals surface area contributed by atoms with E-state index in [1.807, 2.05) is 19.2 Å². The third kappa shape index (κ3) is 4.11. The summed E-state index contributed by atoms with van der Waals surface area (Å²) < 4.78 is 4.29. The Bertz CT molecular complexity index is 848. The number of aromatic nitrogens is 4. The number of anilines is 1. The number of hydrogen-bond acceptors (Lipinski definition) is 3. The van der Waals surface area contributed by atoms with Crippen molar-refractivity contribution in [1.82, 2.24) is 19.6 Å². The van der Waals surface area contributed by atoms with Gasteiger partial charge in [-0.25, -0.2) is 0 Å². The summed E-state index contributed by atoms with van der Waals surface area (Å²) in [6.45, 7) is 4.76. The first-order chi connectivity index (χ1) is 11.5. The molecule has 0 saturated heterocycles. The van der Waals surface area contributed by atoms with Gasteiger partial charge < -0.3 is 5.32 Å². The summed E-state index contributed by atoms with van der Waals surface area (Å²) in [5.74, 6) is 0.376. The number of amides is 1. The zero-order valence-corrected chi connectivity index (χ0v) is 15.1. The number of nitrogens with one attached hydrogen (secondary N) is 1. The van der Waals surface area contributed by atoms with Crippen LogP contribution in [0.4, 0.5) is 5.82 Å². The lowest BCUT2D eigenvalue weighted by molar-refractivity contribution is -0.116. The fourth-order valence-corrected chi connectivity index (χ4v) is 2.73. The molecule has 0 aliphatic rings. The van der Waals surface area contributed by atoms with Crippen LogP contribution in [0.15, 0.2) is 47.2 Å². The maximum absolute atomic E-state index is 12.1. The van der Waals surface area contributed by atoms with Gasteiger partial charge >= 0.3 is 0 Å². The summed E-state index contributed by atoms with van der Waals surface area (Å²) in [6, 6.07) is 10.1. The summed E-state index contributed by atoms with van der Waals surface area (Å²) >= 11 is 3.38. The molecule has 1 N–H and O–H groups in total. The van der Waals surface area contributed by atoms with Crippen LogP contribution in [-0.2, 0) is 17.9 Å². The second-order valence-corrected chi connectivity index (χ2v) is 6.55. The predicted octanol–water partition coefficient (Wildman–Crippen LogP) is 3.15. The molecule has 0 aliphatic heterocycles. The van der Waals surface area contributed by atoms with Crippen LogP contribution in [0.1, 0.15) is 16.8 Å². The van der Waals surface area contributed by atoms with Crippen LogP contribution in [0.3, 0.4) is 0 Å². The van der Waals surface area contributed by atoms with E-state index in [1.54, 1.807) is 21.6 Å². The SMILES string of the molecule is Cc1cccc(Cn2ccc(NC(=O)Cn3cc(Br)c(C)n3)n2)c1. The van der Waals surface area contributed by atoms with Crippen molar-refractivity contribution in [1.29, 1.82) is 0 Å². The summed E-state index contributed by atoms with van der Waals surface area (Å²) in [4.78, 5) is 12.1. The molecular formula is C17H18BrN5O. The molecule has 1 aromatic carbocycles. The molecule has 2 heterocycles. The van der Waals surface area contributed by atoms with Crippen LogP contribution in [0.2, 0.25) is 0 Å². The maximum atomic E-state index is 12.1. The van der Waals surface area contributed by atoms with E-state index in [0.717, 1.165) is 10.2 Å². The number of benzene rings is 1. The number of nitrogens with zero attached hydrogens (tertiary/aromatic N) is 4. The van der Waals surface area contributed by atoms with Crippen molar-refractivity contribution < 1.29 is 4.79 Å². The Labute approximate surface area is 148 Å². The molecule has 0 aliphatic carbocycles. The number of rotatable bonds is 5. The van der Waals surface area contributed by atoms with Gasteiger partial charge in [-0.1, -0.05) is 29.8 Å². The molecule has 0 bridgehead atoms. The van der Waals surface area contributed by atoms with Crippen molar-refractivity contribution in [3.8, 4) is 0 Å². The lowest BCUT2D eigenvalue weighted by Crippen LogP contribution is -2.19. The molecule has 24 heavy (non-hydrogen) atoms. The van der Waals surface area contributed by atoms with Gasteiger partial charge in [0.15, 0.2) is 5.82 Å². The first kappa shape index (κ1) is 16.4. The van der Waals surface area contributed by atoms with Crippen LogP contribution < -0.4 is 5.32 Å². The maximum Gasteiger partial charge on any atom is 0.247 e.